The second-order valence-electron chi connectivity index (χ2n) is 5.07. The summed E-state index contributed by atoms with van der Waals surface area (Å²) in [5, 5.41) is 12.4. The smallest absolute Gasteiger partial charge is 0.320 e. The molecule has 0 saturated heterocycles. The van der Waals surface area contributed by atoms with E-state index in [0.29, 0.717) is 10.7 Å². The van der Waals surface area contributed by atoms with E-state index in [4.69, 9.17) is 28.3 Å². The zero-order valence-corrected chi connectivity index (χ0v) is 13.0. The third kappa shape index (κ3) is 4.09. The third-order valence-corrected chi connectivity index (χ3v) is 4.24. The molecule has 1 amide bonds. The molecule has 1 aliphatic rings. The SMILES string of the molecule is CC(C(=O)O)N(CC(=O)Nc1cccc(Cl)c1Cl)C1CC1. The van der Waals surface area contributed by atoms with Crippen LogP contribution in [0, 0.1) is 0 Å². The maximum Gasteiger partial charge on any atom is 0.320 e. The molecule has 1 aromatic carbocycles. The van der Waals surface area contributed by atoms with Crippen molar-refractivity contribution in [2.45, 2.75) is 31.8 Å². The van der Waals surface area contributed by atoms with Gasteiger partial charge in [0, 0.05) is 6.04 Å². The van der Waals surface area contributed by atoms with Crippen LogP contribution >= 0.6 is 23.2 Å². The second kappa shape index (κ2) is 6.64. The van der Waals surface area contributed by atoms with Crippen LogP contribution in [-0.2, 0) is 9.59 Å². The molecule has 1 fully saturated rings. The number of benzene rings is 1. The molecule has 0 heterocycles. The lowest BCUT2D eigenvalue weighted by Gasteiger charge is -2.25. The molecular weight excluding hydrogens is 315 g/mol. The van der Waals surface area contributed by atoms with Crippen LogP contribution < -0.4 is 5.32 Å². The molecule has 114 valence electrons. The van der Waals surface area contributed by atoms with Crippen LogP contribution in [0.1, 0.15) is 19.8 Å². The number of hydrogen-bond donors (Lipinski definition) is 2. The molecule has 1 aromatic rings. The Kier molecular flexibility index (Phi) is 5.08. The third-order valence-electron chi connectivity index (χ3n) is 3.42. The molecule has 2 rings (SSSR count). The highest BCUT2D eigenvalue weighted by molar-refractivity contribution is 6.44. The average Bonchev–Trinajstić information content (AvgIpc) is 3.25. The predicted octanol–water partition coefficient (Wildman–Crippen LogP) is 2.87. The van der Waals surface area contributed by atoms with Gasteiger partial charge in [0.2, 0.25) is 5.91 Å². The molecule has 1 atom stereocenters. The quantitative estimate of drug-likeness (QED) is 0.841. The van der Waals surface area contributed by atoms with Gasteiger partial charge in [-0.2, -0.15) is 0 Å². The highest BCUT2D eigenvalue weighted by Crippen LogP contribution is 2.31. The number of rotatable bonds is 6. The molecule has 0 spiro atoms. The minimum atomic E-state index is -0.935. The van der Waals surface area contributed by atoms with E-state index in [9.17, 15) is 9.59 Å². The summed E-state index contributed by atoms with van der Waals surface area (Å²) in [6, 6.07) is 4.42. The number of carbonyl (C=O) groups is 2. The first-order valence-corrected chi connectivity index (χ1v) is 7.38. The number of aliphatic carboxylic acids is 1. The van der Waals surface area contributed by atoms with E-state index < -0.39 is 12.0 Å². The molecule has 0 radical (unpaired) electrons. The van der Waals surface area contributed by atoms with E-state index in [1.165, 1.54) is 0 Å². The first-order chi connectivity index (χ1) is 9.90. The van der Waals surface area contributed by atoms with Gasteiger partial charge in [-0.25, -0.2) is 0 Å². The summed E-state index contributed by atoms with van der Waals surface area (Å²) >= 11 is 11.9. The number of carboxylic acids is 1. The first kappa shape index (κ1) is 16.1. The monoisotopic (exact) mass is 330 g/mol. The van der Waals surface area contributed by atoms with Crippen LogP contribution in [0.4, 0.5) is 5.69 Å². The molecule has 5 nitrogen and oxygen atoms in total. The van der Waals surface area contributed by atoms with Crippen LogP contribution in [0.5, 0.6) is 0 Å². The summed E-state index contributed by atoms with van der Waals surface area (Å²) in [4.78, 5) is 24.9. The molecule has 1 unspecified atom stereocenters. The Balaban J connectivity index is 2.02. The Hall–Kier alpha value is -1.30. The summed E-state index contributed by atoms with van der Waals surface area (Å²) in [5.74, 6) is -1.24. The number of amides is 1. The lowest BCUT2D eigenvalue weighted by atomic mass is 10.2. The van der Waals surface area contributed by atoms with Crippen molar-refractivity contribution < 1.29 is 14.7 Å². The zero-order valence-electron chi connectivity index (χ0n) is 11.5. The first-order valence-electron chi connectivity index (χ1n) is 6.62. The minimum Gasteiger partial charge on any atom is -0.480 e. The number of carbonyl (C=O) groups excluding carboxylic acids is 1. The van der Waals surface area contributed by atoms with Crippen molar-refractivity contribution in [3.05, 3.63) is 28.2 Å². The fourth-order valence-electron chi connectivity index (χ4n) is 2.09. The lowest BCUT2D eigenvalue weighted by molar-refractivity contribution is -0.143. The van der Waals surface area contributed by atoms with Crippen molar-refractivity contribution in [2.75, 3.05) is 11.9 Å². The highest BCUT2D eigenvalue weighted by atomic mass is 35.5. The highest BCUT2D eigenvalue weighted by Gasteiger charge is 2.36. The Morgan fingerprint density at radius 2 is 2.10 bits per heavy atom. The normalized spacial score (nSPS) is 15.8. The van der Waals surface area contributed by atoms with Crippen LogP contribution in [-0.4, -0.2) is 40.5 Å². The zero-order chi connectivity index (χ0) is 15.6. The molecular formula is C14H16Cl2N2O3. The van der Waals surface area contributed by atoms with Gasteiger partial charge in [0.25, 0.3) is 0 Å². The maximum absolute atomic E-state index is 12.1. The topological polar surface area (TPSA) is 69.6 Å². The summed E-state index contributed by atoms with van der Waals surface area (Å²) in [5.41, 5.74) is 0.424. The molecule has 0 bridgehead atoms. The standard InChI is InChI=1S/C14H16Cl2N2O3/c1-8(14(20)21)18(9-5-6-9)7-12(19)17-11-4-2-3-10(15)13(11)16/h2-4,8-9H,5-7H2,1H3,(H,17,19)(H,20,21). The van der Waals surface area contributed by atoms with E-state index in [1.807, 2.05) is 0 Å². The van der Waals surface area contributed by atoms with Crippen molar-refractivity contribution in [3.8, 4) is 0 Å². The molecule has 0 aliphatic heterocycles. The van der Waals surface area contributed by atoms with Gasteiger partial charge >= 0.3 is 5.97 Å². The lowest BCUT2D eigenvalue weighted by Crippen LogP contribution is -2.44. The van der Waals surface area contributed by atoms with Crippen LogP contribution in [0.2, 0.25) is 10.0 Å². The van der Waals surface area contributed by atoms with Crippen LogP contribution in [0.3, 0.4) is 0 Å². The van der Waals surface area contributed by atoms with Gasteiger partial charge in [0.15, 0.2) is 0 Å². The predicted molar refractivity (Wildman–Crippen MR) is 81.9 cm³/mol. The molecule has 2 N–H and O–H groups in total. The van der Waals surface area contributed by atoms with E-state index in [-0.39, 0.29) is 23.5 Å². The average molecular weight is 331 g/mol. The van der Waals surface area contributed by atoms with Gasteiger partial charge in [-0.3, -0.25) is 14.5 Å². The molecule has 21 heavy (non-hydrogen) atoms. The number of anilines is 1. The van der Waals surface area contributed by atoms with E-state index in [1.54, 1.807) is 30.0 Å². The van der Waals surface area contributed by atoms with Crippen molar-refractivity contribution in [1.29, 1.82) is 0 Å². The van der Waals surface area contributed by atoms with Gasteiger partial charge in [-0.15, -0.1) is 0 Å². The summed E-state index contributed by atoms with van der Waals surface area (Å²) in [7, 11) is 0. The van der Waals surface area contributed by atoms with E-state index >= 15 is 0 Å². The van der Waals surface area contributed by atoms with Gasteiger partial charge in [-0.1, -0.05) is 29.3 Å². The van der Waals surface area contributed by atoms with Crippen molar-refractivity contribution >= 4 is 40.8 Å². The van der Waals surface area contributed by atoms with Gasteiger partial charge in [0.05, 0.1) is 22.3 Å². The molecule has 7 heteroatoms. The maximum atomic E-state index is 12.1. The van der Waals surface area contributed by atoms with Crippen LogP contribution in [0.15, 0.2) is 18.2 Å². The van der Waals surface area contributed by atoms with Gasteiger partial charge in [0.1, 0.15) is 6.04 Å². The fourth-order valence-corrected chi connectivity index (χ4v) is 2.43. The number of hydrogen-bond acceptors (Lipinski definition) is 3. The number of carboxylic acid groups (broad SMARTS) is 1. The number of halogens is 2. The Labute approximate surface area is 132 Å². The number of nitrogens with zero attached hydrogens (tertiary/aromatic N) is 1. The molecule has 1 saturated carbocycles. The molecule has 0 aromatic heterocycles. The van der Waals surface area contributed by atoms with E-state index in [2.05, 4.69) is 5.32 Å². The van der Waals surface area contributed by atoms with E-state index in [0.717, 1.165) is 12.8 Å². The summed E-state index contributed by atoms with van der Waals surface area (Å²) in [6.07, 6.45) is 1.84. The number of nitrogens with one attached hydrogen (secondary N) is 1. The molecule has 1 aliphatic carbocycles. The van der Waals surface area contributed by atoms with Crippen LogP contribution in [0.25, 0.3) is 0 Å². The van der Waals surface area contributed by atoms with Gasteiger partial charge in [-0.05, 0) is 31.9 Å². The van der Waals surface area contributed by atoms with Gasteiger partial charge < -0.3 is 10.4 Å². The van der Waals surface area contributed by atoms with Crippen molar-refractivity contribution in [2.24, 2.45) is 0 Å². The van der Waals surface area contributed by atoms with Crippen molar-refractivity contribution in [3.63, 3.8) is 0 Å². The largest absolute Gasteiger partial charge is 0.480 e. The fraction of sp³-hybridized carbons (Fsp3) is 0.429. The minimum absolute atomic E-state index is 0.0149. The van der Waals surface area contributed by atoms with Crippen molar-refractivity contribution in [1.82, 2.24) is 4.90 Å². The summed E-state index contributed by atoms with van der Waals surface area (Å²) in [6.45, 7) is 1.60. The Morgan fingerprint density at radius 1 is 1.43 bits per heavy atom. The summed E-state index contributed by atoms with van der Waals surface area (Å²) < 4.78 is 0. The Morgan fingerprint density at radius 3 is 2.67 bits per heavy atom. The Bertz CT molecular complexity index is 561. The second-order valence-corrected chi connectivity index (χ2v) is 5.85.